The third kappa shape index (κ3) is 3.14. The number of methoxy groups -OCH3 is 1. The highest BCUT2D eigenvalue weighted by Crippen LogP contribution is 2.36. The molecule has 1 N–H and O–H groups in total. The van der Waals surface area contributed by atoms with E-state index < -0.39 is 0 Å². The van der Waals surface area contributed by atoms with E-state index >= 15 is 0 Å². The highest BCUT2D eigenvalue weighted by atomic mass is 16.7. The Hall–Kier alpha value is -3.94. The van der Waals surface area contributed by atoms with E-state index in [1.807, 2.05) is 30.3 Å². The van der Waals surface area contributed by atoms with Crippen molar-refractivity contribution < 1.29 is 27.9 Å². The summed E-state index contributed by atoms with van der Waals surface area (Å²) in [6.45, 7) is 0.404. The van der Waals surface area contributed by atoms with E-state index in [2.05, 4.69) is 10.5 Å². The second kappa shape index (κ2) is 6.90. The molecule has 0 unspecified atom stereocenters. The van der Waals surface area contributed by atoms with Crippen molar-refractivity contribution in [3.8, 4) is 28.6 Å². The summed E-state index contributed by atoms with van der Waals surface area (Å²) < 4.78 is 27.0. The minimum Gasteiger partial charge on any atom is -0.493 e. The molecule has 0 spiro atoms. The van der Waals surface area contributed by atoms with Gasteiger partial charge in [0.2, 0.25) is 6.79 Å². The zero-order chi connectivity index (χ0) is 19.8. The predicted molar refractivity (Wildman–Crippen MR) is 102 cm³/mol. The first kappa shape index (κ1) is 17.2. The molecule has 2 aromatic heterocycles. The molecule has 4 aromatic rings. The molecule has 0 fully saturated rings. The quantitative estimate of drug-likeness (QED) is 0.552. The first-order chi connectivity index (χ1) is 14.2. The van der Waals surface area contributed by atoms with Crippen LogP contribution in [0.4, 0.5) is 0 Å². The fraction of sp³-hybridized carbons (Fsp3) is 0.143. The van der Waals surface area contributed by atoms with Gasteiger partial charge in [0.15, 0.2) is 34.4 Å². The van der Waals surface area contributed by atoms with E-state index in [1.54, 1.807) is 25.3 Å². The van der Waals surface area contributed by atoms with Crippen molar-refractivity contribution in [3.63, 3.8) is 0 Å². The van der Waals surface area contributed by atoms with Crippen LogP contribution in [0.5, 0.6) is 17.2 Å². The number of rotatable bonds is 5. The highest BCUT2D eigenvalue weighted by molar-refractivity contribution is 5.97. The number of ether oxygens (including phenoxy) is 3. The van der Waals surface area contributed by atoms with Gasteiger partial charge in [-0.1, -0.05) is 17.3 Å². The lowest BCUT2D eigenvalue weighted by Crippen LogP contribution is -2.22. The first-order valence-corrected chi connectivity index (χ1v) is 8.91. The monoisotopic (exact) mass is 392 g/mol. The lowest BCUT2D eigenvalue weighted by molar-refractivity contribution is 0.0924. The van der Waals surface area contributed by atoms with Crippen LogP contribution in [0.3, 0.4) is 0 Å². The van der Waals surface area contributed by atoms with Crippen LogP contribution < -0.4 is 19.5 Å². The number of amides is 1. The number of para-hydroxylation sites is 1. The van der Waals surface area contributed by atoms with Crippen molar-refractivity contribution in [1.29, 1.82) is 0 Å². The maximum absolute atomic E-state index is 12.5. The van der Waals surface area contributed by atoms with Gasteiger partial charge in [0.1, 0.15) is 5.69 Å². The normalized spacial score (nSPS) is 12.3. The number of hydrogen-bond donors (Lipinski definition) is 1. The van der Waals surface area contributed by atoms with Crippen LogP contribution in [-0.4, -0.2) is 25.0 Å². The number of nitrogens with zero attached hydrogens (tertiary/aromatic N) is 1. The SMILES string of the molecule is COc1cccc2cc(C(=O)NCc3cc(-c4ccc5c(c4)OCO5)on3)oc12. The molecule has 2 aromatic carbocycles. The Kier molecular flexibility index (Phi) is 4.09. The molecule has 0 saturated heterocycles. The fourth-order valence-electron chi connectivity index (χ4n) is 3.15. The topological polar surface area (TPSA) is 96.0 Å². The molecule has 8 heteroatoms. The Morgan fingerprint density at radius 2 is 2.03 bits per heavy atom. The molecule has 8 nitrogen and oxygen atoms in total. The number of nitrogens with one attached hydrogen (secondary N) is 1. The van der Waals surface area contributed by atoms with Gasteiger partial charge in [0.05, 0.1) is 13.7 Å². The molecule has 146 valence electrons. The smallest absolute Gasteiger partial charge is 0.287 e. The highest BCUT2D eigenvalue weighted by Gasteiger charge is 2.17. The molecule has 0 saturated carbocycles. The van der Waals surface area contributed by atoms with Gasteiger partial charge in [-0.05, 0) is 30.3 Å². The van der Waals surface area contributed by atoms with Crippen molar-refractivity contribution in [2.24, 2.45) is 0 Å². The molecular formula is C21H16N2O6. The number of hydrogen-bond acceptors (Lipinski definition) is 7. The summed E-state index contributed by atoms with van der Waals surface area (Å²) >= 11 is 0. The van der Waals surface area contributed by atoms with Gasteiger partial charge in [-0.2, -0.15) is 0 Å². The maximum atomic E-state index is 12.5. The third-order valence-electron chi connectivity index (χ3n) is 4.60. The van der Waals surface area contributed by atoms with Crippen molar-refractivity contribution in [1.82, 2.24) is 10.5 Å². The summed E-state index contributed by atoms with van der Waals surface area (Å²) in [5, 5.41) is 7.58. The fourth-order valence-corrected chi connectivity index (χ4v) is 3.15. The number of benzene rings is 2. The standard InChI is InChI=1S/C21H16N2O6/c1-25-16-4-2-3-13-8-19(28-20(13)16)21(24)22-10-14-9-17(29-23-14)12-5-6-15-18(7-12)27-11-26-15/h2-9H,10-11H2,1H3,(H,22,24). The summed E-state index contributed by atoms with van der Waals surface area (Å²) in [4.78, 5) is 12.5. The number of aromatic nitrogens is 1. The number of fused-ring (bicyclic) bond motifs is 2. The average Bonchev–Trinajstić information content (AvgIpc) is 3.49. The lowest BCUT2D eigenvalue weighted by atomic mass is 10.1. The van der Waals surface area contributed by atoms with E-state index in [0.29, 0.717) is 34.3 Å². The van der Waals surface area contributed by atoms with Crippen LogP contribution in [0.2, 0.25) is 0 Å². The van der Waals surface area contributed by atoms with E-state index in [0.717, 1.165) is 10.9 Å². The molecule has 0 atom stereocenters. The molecule has 3 heterocycles. The Bertz CT molecular complexity index is 1210. The summed E-state index contributed by atoms with van der Waals surface area (Å²) in [6.07, 6.45) is 0. The van der Waals surface area contributed by atoms with Gasteiger partial charge in [0.25, 0.3) is 5.91 Å². The molecule has 5 rings (SSSR count). The second-order valence-corrected chi connectivity index (χ2v) is 6.42. The van der Waals surface area contributed by atoms with Crippen molar-refractivity contribution >= 4 is 16.9 Å². The molecule has 1 amide bonds. The van der Waals surface area contributed by atoms with Gasteiger partial charge >= 0.3 is 0 Å². The molecule has 1 aliphatic rings. The largest absolute Gasteiger partial charge is 0.493 e. The average molecular weight is 392 g/mol. The van der Waals surface area contributed by atoms with Gasteiger partial charge in [0, 0.05) is 17.0 Å². The number of carbonyl (C=O) groups excluding carboxylic acids is 1. The number of carbonyl (C=O) groups is 1. The summed E-state index contributed by atoms with van der Waals surface area (Å²) in [7, 11) is 1.55. The Morgan fingerprint density at radius 1 is 1.14 bits per heavy atom. The van der Waals surface area contributed by atoms with E-state index in [-0.39, 0.29) is 25.0 Å². The second-order valence-electron chi connectivity index (χ2n) is 6.42. The van der Waals surface area contributed by atoms with Gasteiger partial charge in [-0.25, -0.2) is 0 Å². The Morgan fingerprint density at radius 3 is 2.93 bits per heavy atom. The minimum atomic E-state index is -0.351. The van der Waals surface area contributed by atoms with Crippen LogP contribution in [-0.2, 0) is 6.54 Å². The number of furan rings is 1. The van der Waals surface area contributed by atoms with Crippen molar-refractivity contribution in [2.45, 2.75) is 6.54 Å². The van der Waals surface area contributed by atoms with Crippen LogP contribution in [0.1, 0.15) is 16.2 Å². The van der Waals surface area contributed by atoms with Crippen LogP contribution in [0.15, 0.2) is 57.5 Å². The maximum Gasteiger partial charge on any atom is 0.287 e. The summed E-state index contributed by atoms with van der Waals surface area (Å²) in [5.41, 5.74) is 1.93. The summed E-state index contributed by atoms with van der Waals surface area (Å²) in [5.74, 6) is 2.35. The Labute approximate surface area is 164 Å². The molecule has 0 aliphatic carbocycles. The minimum absolute atomic E-state index is 0.196. The third-order valence-corrected chi connectivity index (χ3v) is 4.60. The Balaban J connectivity index is 1.29. The molecule has 29 heavy (non-hydrogen) atoms. The van der Waals surface area contributed by atoms with E-state index in [4.69, 9.17) is 23.2 Å². The predicted octanol–water partition coefficient (Wildman–Crippen LogP) is 3.76. The molecule has 0 bridgehead atoms. The summed E-state index contributed by atoms with van der Waals surface area (Å²) in [6, 6.07) is 14.4. The van der Waals surface area contributed by atoms with Gasteiger partial charge in [-0.15, -0.1) is 0 Å². The van der Waals surface area contributed by atoms with Crippen molar-refractivity contribution in [3.05, 3.63) is 60.0 Å². The zero-order valence-electron chi connectivity index (χ0n) is 15.4. The van der Waals surface area contributed by atoms with Crippen LogP contribution in [0.25, 0.3) is 22.3 Å². The molecule has 1 aliphatic heterocycles. The lowest BCUT2D eigenvalue weighted by Gasteiger charge is -2.00. The molecular weight excluding hydrogens is 376 g/mol. The van der Waals surface area contributed by atoms with E-state index in [1.165, 1.54) is 0 Å². The zero-order valence-corrected chi connectivity index (χ0v) is 15.4. The van der Waals surface area contributed by atoms with Gasteiger partial charge < -0.3 is 28.5 Å². The van der Waals surface area contributed by atoms with Crippen LogP contribution in [0, 0.1) is 0 Å². The van der Waals surface area contributed by atoms with Crippen molar-refractivity contribution in [2.75, 3.05) is 13.9 Å². The first-order valence-electron chi connectivity index (χ1n) is 8.91. The van der Waals surface area contributed by atoms with Gasteiger partial charge in [-0.3, -0.25) is 4.79 Å². The van der Waals surface area contributed by atoms with Crippen LogP contribution >= 0.6 is 0 Å². The van der Waals surface area contributed by atoms with E-state index in [9.17, 15) is 4.79 Å². The molecule has 0 radical (unpaired) electrons.